The Kier molecular flexibility index (Phi) is 6.27. The van der Waals surface area contributed by atoms with Gasteiger partial charge in [-0.2, -0.15) is 0 Å². The standard InChI is InChI=1S/C13H22N2O3S/c1-15(2)9-11-18-10-8-14-12-6-4-5-7-13(12)19(3,16)17/h4-7,14H,8-11H2,1-3H3. The largest absolute Gasteiger partial charge is 0.382 e. The van der Waals surface area contributed by atoms with E-state index in [0.717, 1.165) is 6.54 Å². The number of nitrogens with zero attached hydrogens (tertiary/aromatic N) is 1. The van der Waals surface area contributed by atoms with Crippen molar-refractivity contribution >= 4 is 15.5 Å². The predicted octanol–water partition coefficient (Wildman–Crippen LogP) is 1.08. The lowest BCUT2D eigenvalue weighted by atomic mass is 10.3. The molecule has 1 N–H and O–H groups in total. The zero-order chi connectivity index (χ0) is 14.3. The summed E-state index contributed by atoms with van der Waals surface area (Å²) in [5.74, 6) is 0. The van der Waals surface area contributed by atoms with Crippen LogP contribution in [0.4, 0.5) is 5.69 Å². The highest BCUT2D eigenvalue weighted by Gasteiger charge is 2.11. The highest BCUT2D eigenvalue weighted by molar-refractivity contribution is 7.90. The Balaban J connectivity index is 2.42. The van der Waals surface area contributed by atoms with Crippen molar-refractivity contribution in [2.24, 2.45) is 0 Å². The number of sulfone groups is 1. The van der Waals surface area contributed by atoms with E-state index in [1.54, 1.807) is 18.2 Å². The third kappa shape index (κ3) is 6.04. The summed E-state index contributed by atoms with van der Waals surface area (Å²) in [5, 5.41) is 3.09. The van der Waals surface area contributed by atoms with Crippen molar-refractivity contribution in [2.75, 3.05) is 52.0 Å². The first-order valence-electron chi connectivity index (χ1n) is 6.16. The van der Waals surface area contributed by atoms with Crippen LogP contribution in [0.1, 0.15) is 0 Å². The minimum absolute atomic E-state index is 0.322. The molecule has 0 radical (unpaired) electrons. The van der Waals surface area contributed by atoms with E-state index >= 15 is 0 Å². The second kappa shape index (κ2) is 7.47. The Labute approximate surface area is 115 Å². The molecule has 0 aromatic heterocycles. The second-order valence-corrected chi connectivity index (χ2v) is 6.59. The third-order valence-electron chi connectivity index (χ3n) is 2.53. The van der Waals surface area contributed by atoms with Crippen molar-refractivity contribution in [1.82, 2.24) is 4.90 Å². The number of ether oxygens (including phenoxy) is 1. The van der Waals surface area contributed by atoms with Crippen LogP contribution in [0.15, 0.2) is 29.2 Å². The Hall–Kier alpha value is -1.11. The first kappa shape index (κ1) is 15.9. The van der Waals surface area contributed by atoms with E-state index in [-0.39, 0.29) is 0 Å². The number of rotatable bonds is 8. The molecule has 0 heterocycles. The molecule has 0 spiro atoms. The Bertz CT molecular complexity index is 486. The summed E-state index contributed by atoms with van der Waals surface area (Å²) < 4.78 is 28.6. The molecule has 0 fully saturated rings. The number of nitrogens with one attached hydrogen (secondary N) is 1. The summed E-state index contributed by atoms with van der Waals surface area (Å²) in [6, 6.07) is 6.89. The van der Waals surface area contributed by atoms with E-state index in [1.165, 1.54) is 6.26 Å². The summed E-state index contributed by atoms with van der Waals surface area (Å²) in [6.07, 6.45) is 1.21. The van der Waals surface area contributed by atoms with E-state index < -0.39 is 9.84 Å². The van der Waals surface area contributed by atoms with Gasteiger partial charge in [-0.25, -0.2) is 8.42 Å². The predicted molar refractivity (Wildman–Crippen MR) is 77.4 cm³/mol. The van der Waals surface area contributed by atoms with Crippen LogP contribution >= 0.6 is 0 Å². The molecule has 5 nitrogen and oxygen atoms in total. The fourth-order valence-electron chi connectivity index (χ4n) is 1.54. The molecule has 1 aromatic carbocycles. The fourth-order valence-corrected chi connectivity index (χ4v) is 2.41. The quantitative estimate of drug-likeness (QED) is 0.725. The molecule has 0 unspecified atom stereocenters. The first-order valence-corrected chi connectivity index (χ1v) is 8.06. The highest BCUT2D eigenvalue weighted by Crippen LogP contribution is 2.19. The molecule has 0 aliphatic rings. The van der Waals surface area contributed by atoms with Crippen LogP contribution in [-0.2, 0) is 14.6 Å². The smallest absolute Gasteiger partial charge is 0.177 e. The van der Waals surface area contributed by atoms with Gasteiger partial charge in [0.2, 0.25) is 0 Å². The number of para-hydroxylation sites is 1. The highest BCUT2D eigenvalue weighted by atomic mass is 32.2. The number of likely N-dealkylation sites (N-methyl/N-ethyl adjacent to an activating group) is 1. The lowest BCUT2D eigenvalue weighted by Crippen LogP contribution is -2.20. The van der Waals surface area contributed by atoms with Gasteiger partial charge in [0.15, 0.2) is 9.84 Å². The molecule has 0 atom stereocenters. The Morgan fingerprint density at radius 2 is 1.89 bits per heavy atom. The van der Waals surface area contributed by atoms with Crippen LogP contribution in [0, 0.1) is 0 Å². The van der Waals surface area contributed by atoms with E-state index in [1.807, 2.05) is 25.1 Å². The van der Waals surface area contributed by atoms with Crippen molar-refractivity contribution in [3.05, 3.63) is 24.3 Å². The minimum Gasteiger partial charge on any atom is -0.382 e. The number of hydrogen-bond donors (Lipinski definition) is 1. The summed E-state index contributed by atoms with van der Waals surface area (Å²) in [7, 11) is 0.778. The van der Waals surface area contributed by atoms with Gasteiger partial charge < -0.3 is 15.0 Å². The molecule has 0 bridgehead atoms. The third-order valence-corrected chi connectivity index (χ3v) is 3.69. The van der Waals surface area contributed by atoms with Crippen LogP contribution in [0.2, 0.25) is 0 Å². The van der Waals surface area contributed by atoms with Gasteiger partial charge >= 0.3 is 0 Å². The van der Waals surface area contributed by atoms with Crippen molar-refractivity contribution in [3.63, 3.8) is 0 Å². The molecule has 0 amide bonds. The number of anilines is 1. The van der Waals surface area contributed by atoms with Crippen LogP contribution in [0.25, 0.3) is 0 Å². The number of hydrogen-bond acceptors (Lipinski definition) is 5. The molecule has 1 rings (SSSR count). The minimum atomic E-state index is -3.20. The molecule has 0 aliphatic carbocycles. The average molecular weight is 286 g/mol. The zero-order valence-corrected chi connectivity index (χ0v) is 12.5. The van der Waals surface area contributed by atoms with Gasteiger partial charge in [-0.15, -0.1) is 0 Å². The molecule has 0 saturated heterocycles. The summed E-state index contributed by atoms with van der Waals surface area (Å²) in [6.45, 7) is 2.67. The van der Waals surface area contributed by atoms with E-state index in [9.17, 15) is 8.42 Å². The maximum Gasteiger partial charge on any atom is 0.177 e. The van der Waals surface area contributed by atoms with Crippen LogP contribution in [-0.4, -0.2) is 60.0 Å². The molecular weight excluding hydrogens is 264 g/mol. The Morgan fingerprint density at radius 1 is 1.21 bits per heavy atom. The average Bonchev–Trinajstić information content (AvgIpc) is 2.32. The topological polar surface area (TPSA) is 58.6 Å². The van der Waals surface area contributed by atoms with Gasteiger partial charge in [-0.3, -0.25) is 0 Å². The number of benzene rings is 1. The van der Waals surface area contributed by atoms with E-state index in [0.29, 0.717) is 30.3 Å². The van der Waals surface area contributed by atoms with Gasteiger partial charge in [0, 0.05) is 19.3 Å². The summed E-state index contributed by atoms with van der Waals surface area (Å²) in [4.78, 5) is 2.37. The maximum atomic E-state index is 11.6. The van der Waals surface area contributed by atoms with Crippen molar-refractivity contribution in [3.8, 4) is 0 Å². The van der Waals surface area contributed by atoms with Crippen molar-refractivity contribution in [2.45, 2.75) is 4.90 Å². The first-order chi connectivity index (χ1) is 8.91. The van der Waals surface area contributed by atoms with E-state index in [4.69, 9.17) is 4.74 Å². The maximum absolute atomic E-state index is 11.6. The van der Waals surface area contributed by atoms with Gasteiger partial charge in [0.1, 0.15) is 0 Å². The summed E-state index contributed by atoms with van der Waals surface area (Å²) >= 11 is 0. The molecule has 0 saturated carbocycles. The molecular formula is C13H22N2O3S. The SMILES string of the molecule is CN(C)CCOCCNc1ccccc1S(C)(=O)=O. The van der Waals surface area contributed by atoms with Crippen molar-refractivity contribution < 1.29 is 13.2 Å². The monoisotopic (exact) mass is 286 g/mol. The molecule has 108 valence electrons. The fraction of sp³-hybridized carbons (Fsp3) is 0.538. The summed E-state index contributed by atoms with van der Waals surface area (Å²) in [5.41, 5.74) is 0.626. The zero-order valence-electron chi connectivity index (χ0n) is 11.7. The molecule has 0 aliphatic heterocycles. The van der Waals surface area contributed by atoms with Gasteiger partial charge in [-0.05, 0) is 26.2 Å². The van der Waals surface area contributed by atoms with Crippen molar-refractivity contribution in [1.29, 1.82) is 0 Å². The molecule has 6 heteroatoms. The van der Waals surface area contributed by atoms with Crippen LogP contribution in [0.3, 0.4) is 0 Å². The van der Waals surface area contributed by atoms with Gasteiger partial charge in [0.25, 0.3) is 0 Å². The molecule has 19 heavy (non-hydrogen) atoms. The normalized spacial score (nSPS) is 11.8. The second-order valence-electron chi connectivity index (χ2n) is 4.61. The van der Waals surface area contributed by atoms with E-state index in [2.05, 4.69) is 5.32 Å². The Morgan fingerprint density at radius 3 is 2.53 bits per heavy atom. The van der Waals surface area contributed by atoms with Gasteiger partial charge in [0.05, 0.1) is 23.8 Å². The van der Waals surface area contributed by atoms with Crippen LogP contribution in [0.5, 0.6) is 0 Å². The van der Waals surface area contributed by atoms with Crippen LogP contribution < -0.4 is 5.32 Å². The lowest BCUT2D eigenvalue weighted by molar-refractivity contribution is 0.126. The van der Waals surface area contributed by atoms with Gasteiger partial charge in [-0.1, -0.05) is 12.1 Å². The molecule has 1 aromatic rings. The lowest BCUT2D eigenvalue weighted by Gasteiger charge is -2.12.